The second kappa shape index (κ2) is 8.14. The molecule has 0 bridgehead atoms. The zero-order chi connectivity index (χ0) is 17.6. The van der Waals surface area contributed by atoms with Crippen molar-refractivity contribution in [3.05, 3.63) is 75.8 Å². The van der Waals surface area contributed by atoms with Gasteiger partial charge in [0.25, 0.3) is 5.91 Å². The molecule has 0 unspecified atom stereocenters. The van der Waals surface area contributed by atoms with Crippen LogP contribution in [-0.2, 0) is 11.2 Å². The lowest BCUT2D eigenvalue weighted by atomic mass is 10.1. The third kappa shape index (κ3) is 5.05. The average Bonchev–Trinajstić information content (AvgIpc) is 3.03. The van der Waals surface area contributed by atoms with Crippen LogP contribution in [0.1, 0.15) is 16.0 Å². The summed E-state index contributed by atoms with van der Waals surface area (Å²) in [4.78, 5) is 17.3. The van der Waals surface area contributed by atoms with E-state index in [1.54, 1.807) is 6.20 Å². The van der Waals surface area contributed by atoms with Crippen LogP contribution in [-0.4, -0.2) is 17.5 Å². The van der Waals surface area contributed by atoms with Gasteiger partial charge < -0.3 is 4.74 Å². The van der Waals surface area contributed by atoms with Crippen molar-refractivity contribution >= 4 is 34.0 Å². The number of hydrogen-bond acceptors (Lipinski definition) is 4. The highest BCUT2D eigenvalue weighted by Crippen LogP contribution is 2.24. The number of thiazole rings is 1. The van der Waals surface area contributed by atoms with Gasteiger partial charge in [-0.05, 0) is 30.7 Å². The van der Waals surface area contributed by atoms with E-state index < -0.39 is 0 Å². The minimum absolute atomic E-state index is 0.0531. The molecule has 0 spiro atoms. The lowest BCUT2D eigenvalue weighted by Crippen LogP contribution is -2.19. The summed E-state index contributed by atoms with van der Waals surface area (Å²) in [6.07, 6.45) is 2.44. The molecule has 3 aromatic rings. The van der Waals surface area contributed by atoms with Crippen molar-refractivity contribution in [1.29, 1.82) is 0 Å². The Morgan fingerprint density at radius 1 is 1.20 bits per heavy atom. The maximum Gasteiger partial charge on any atom is 0.264 e. The molecule has 0 aliphatic carbocycles. The molecule has 1 aromatic heterocycles. The van der Waals surface area contributed by atoms with Crippen molar-refractivity contribution in [2.75, 3.05) is 11.9 Å². The van der Waals surface area contributed by atoms with Crippen LogP contribution in [0.5, 0.6) is 5.75 Å². The van der Waals surface area contributed by atoms with Crippen LogP contribution in [0, 0.1) is 6.92 Å². The van der Waals surface area contributed by atoms with E-state index in [1.165, 1.54) is 11.3 Å². The van der Waals surface area contributed by atoms with Crippen LogP contribution in [0.2, 0.25) is 5.02 Å². The van der Waals surface area contributed by atoms with Crippen molar-refractivity contribution in [2.24, 2.45) is 0 Å². The van der Waals surface area contributed by atoms with Gasteiger partial charge in [-0.3, -0.25) is 10.1 Å². The Bertz CT molecular complexity index is 862. The Hall–Kier alpha value is -2.37. The van der Waals surface area contributed by atoms with Crippen LogP contribution in [0.15, 0.2) is 54.7 Å². The number of amides is 1. The van der Waals surface area contributed by atoms with Crippen LogP contribution in [0.3, 0.4) is 0 Å². The Morgan fingerprint density at radius 3 is 2.72 bits per heavy atom. The minimum atomic E-state index is -0.237. The fraction of sp³-hybridized carbons (Fsp3) is 0.158. The third-order valence-electron chi connectivity index (χ3n) is 3.51. The second-order valence-corrected chi connectivity index (χ2v) is 7.07. The van der Waals surface area contributed by atoms with Gasteiger partial charge in [-0.1, -0.05) is 47.5 Å². The standard InChI is InChI=1S/C19H17ClN2O2S/c1-13-6-8-15(9-7-13)24-12-18(23)22-19-21-11-16(25-19)10-14-4-2-3-5-17(14)20/h2-9,11H,10,12H2,1H3,(H,21,22,23). The quantitative estimate of drug-likeness (QED) is 0.681. The highest BCUT2D eigenvalue weighted by atomic mass is 35.5. The summed E-state index contributed by atoms with van der Waals surface area (Å²) in [6.45, 7) is 1.95. The molecule has 4 nitrogen and oxygen atoms in total. The van der Waals surface area contributed by atoms with Crippen molar-refractivity contribution in [2.45, 2.75) is 13.3 Å². The Morgan fingerprint density at radius 2 is 1.96 bits per heavy atom. The average molecular weight is 373 g/mol. The molecule has 1 amide bonds. The number of carbonyl (C=O) groups is 1. The first-order chi connectivity index (χ1) is 12.1. The third-order valence-corrected chi connectivity index (χ3v) is 4.79. The maximum atomic E-state index is 12.0. The number of ether oxygens (including phenoxy) is 1. The monoisotopic (exact) mass is 372 g/mol. The summed E-state index contributed by atoms with van der Waals surface area (Å²) < 4.78 is 5.46. The van der Waals surface area contributed by atoms with Crippen LogP contribution in [0.4, 0.5) is 5.13 Å². The highest BCUT2D eigenvalue weighted by molar-refractivity contribution is 7.15. The summed E-state index contributed by atoms with van der Waals surface area (Å²) in [5.41, 5.74) is 2.18. The molecule has 0 fully saturated rings. The molecule has 128 valence electrons. The summed E-state index contributed by atoms with van der Waals surface area (Å²) in [6, 6.07) is 15.3. The molecule has 2 aromatic carbocycles. The zero-order valence-electron chi connectivity index (χ0n) is 13.7. The second-order valence-electron chi connectivity index (χ2n) is 5.55. The van der Waals surface area contributed by atoms with Gasteiger partial charge in [0.2, 0.25) is 0 Å². The zero-order valence-corrected chi connectivity index (χ0v) is 15.2. The van der Waals surface area contributed by atoms with Gasteiger partial charge in [0.05, 0.1) is 0 Å². The number of anilines is 1. The van der Waals surface area contributed by atoms with E-state index in [2.05, 4.69) is 10.3 Å². The molecular weight excluding hydrogens is 356 g/mol. The van der Waals surface area contributed by atoms with Gasteiger partial charge in [-0.15, -0.1) is 11.3 Å². The van der Waals surface area contributed by atoms with Crippen molar-refractivity contribution in [3.8, 4) is 5.75 Å². The summed E-state index contributed by atoms with van der Waals surface area (Å²) in [5.74, 6) is 0.429. The lowest BCUT2D eigenvalue weighted by molar-refractivity contribution is -0.118. The summed E-state index contributed by atoms with van der Waals surface area (Å²) in [7, 11) is 0. The number of hydrogen-bond donors (Lipinski definition) is 1. The van der Waals surface area contributed by atoms with Gasteiger partial charge in [0.15, 0.2) is 11.7 Å². The van der Waals surface area contributed by atoms with E-state index in [0.717, 1.165) is 21.0 Å². The van der Waals surface area contributed by atoms with Gasteiger partial charge in [-0.2, -0.15) is 0 Å². The van der Waals surface area contributed by atoms with Crippen LogP contribution >= 0.6 is 22.9 Å². The fourth-order valence-corrected chi connectivity index (χ4v) is 3.27. The summed E-state index contributed by atoms with van der Waals surface area (Å²) in [5, 5.41) is 4.04. The van der Waals surface area contributed by atoms with Crippen molar-refractivity contribution in [1.82, 2.24) is 4.98 Å². The number of benzene rings is 2. The smallest absolute Gasteiger partial charge is 0.264 e. The van der Waals surface area contributed by atoms with Crippen molar-refractivity contribution in [3.63, 3.8) is 0 Å². The van der Waals surface area contributed by atoms with E-state index in [-0.39, 0.29) is 12.5 Å². The van der Waals surface area contributed by atoms with Crippen LogP contribution < -0.4 is 10.1 Å². The Balaban J connectivity index is 1.53. The molecule has 0 saturated carbocycles. The topological polar surface area (TPSA) is 51.2 Å². The normalized spacial score (nSPS) is 10.5. The first-order valence-electron chi connectivity index (χ1n) is 7.77. The summed E-state index contributed by atoms with van der Waals surface area (Å²) >= 11 is 7.60. The lowest BCUT2D eigenvalue weighted by Gasteiger charge is -2.06. The van der Waals surface area contributed by atoms with E-state index in [4.69, 9.17) is 16.3 Å². The van der Waals surface area contributed by atoms with Gasteiger partial charge in [0.1, 0.15) is 5.75 Å². The Labute approximate surface area is 155 Å². The molecule has 6 heteroatoms. The van der Waals surface area contributed by atoms with E-state index >= 15 is 0 Å². The number of nitrogens with zero attached hydrogens (tertiary/aromatic N) is 1. The molecule has 0 aliphatic heterocycles. The maximum absolute atomic E-state index is 12.0. The predicted molar refractivity (Wildman–Crippen MR) is 102 cm³/mol. The highest BCUT2D eigenvalue weighted by Gasteiger charge is 2.09. The van der Waals surface area contributed by atoms with E-state index in [0.29, 0.717) is 17.3 Å². The van der Waals surface area contributed by atoms with Crippen molar-refractivity contribution < 1.29 is 9.53 Å². The number of aryl methyl sites for hydroxylation is 1. The number of nitrogens with one attached hydrogen (secondary N) is 1. The Kier molecular flexibility index (Phi) is 5.68. The molecule has 0 atom stereocenters. The molecule has 25 heavy (non-hydrogen) atoms. The largest absolute Gasteiger partial charge is 0.484 e. The molecule has 1 heterocycles. The molecule has 1 N–H and O–H groups in total. The molecule has 0 aliphatic rings. The van der Waals surface area contributed by atoms with Gasteiger partial charge in [0, 0.05) is 22.5 Å². The SMILES string of the molecule is Cc1ccc(OCC(=O)Nc2ncc(Cc3ccccc3Cl)s2)cc1. The molecule has 0 saturated heterocycles. The minimum Gasteiger partial charge on any atom is -0.484 e. The van der Waals surface area contributed by atoms with Crippen LogP contribution in [0.25, 0.3) is 0 Å². The number of aromatic nitrogens is 1. The number of halogens is 1. The van der Waals surface area contributed by atoms with Gasteiger partial charge >= 0.3 is 0 Å². The first kappa shape index (κ1) is 17.5. The predicted octanol–water partition coefficient (Wildman–Crippen LogP) is 4.71. The number of carbonyl (C=O) groups excluding carboxylic acids is 1. The first-order valence-corrected chi connectivity index (χ1v) is 8.97. The molecule has 3 rings (SSSR count). The van der Waals surface area contributed by atoms with Gasteiger partial charge in [-0.25, -0.2) is 4.98 Å². The molecule has 0 radical (unpaired) electrons. The number of rotatable bonds is 6. The van der Waals surface area contributed by atoms with E-state index in [9.17, 15) is 4.79 Å². The molecular formula is C19H17ClN2O2S. The van der Waals surface area contributed by atoms with E-state index in [1.807, 2.05) is 55.5 Å². The fourth-order valence-electron chi connectivity index (χ4n) is 2.22.